The van der Waals surface area contributed by atoms with E-state index in [0.29, 0.717) is 16.9 Å². The van der Waals surface area contributed by atoms with E-state index in [-0.39, 0.29) is 5.76 Å². The van der Waals surface area contributed by atoms with E-state index in [2.05, 4.69) is 0 Å². The fraction of sp³-hybridized carbons (Fsp3) is 0. The van der Waals surface area contributed by atoms with Crippen molar-refractivity contribution < 1.29 is 14.3 Å². The minimum Gasteiger partial charge on any atom is -0.475 e. The fourth-order valence-corrected chi connectivity index (χ4v) is 1.35. The number of carbonyl (C=O) groups is 1. The molecule has 4 heteroatoms. The molecule has 0 fully saturated rings. The fourth-order valence-electron chi connectivity index (χ4n) is 1.35. The molecule has 0 saturated carbocycles. The summed E-state index contributed by atoms with van der Waals surface area (Å²) in [6, 6.07) is 11.8. The number of rotatable bonds is 2. The molecule has 0 aliphatic rings. The lowest BCUT2D eigenvalue weighted by Gasteiger charge is -1.96. The van der Waals surface area contributed by atoms with Gasteiger partial charge in [-0.1, -0.05) is 12.1 Å². The maximum absolute atomic E-state index is 10.6. The van der Waals surface area contributed by atoms with Gasteiger partial charge in [0.15, 0.2) is 0 Å². The van der Waals surface area contributed by atoms with E-state index in [1.165, 1.54) is 6.07 Å². The maximum Gasteiger partial charge on any atom is 0.371 e. The molecule has 0 amide bonds. The summed E-state index contributed by atoms with van der Waals surface area (Å²) in [6.45, 7) is 0. The van der Waals surface area contributed by atoms with Crippen LogP contribution in [0.4, 0.5) is 0 Å². The summed E-state index contributed by atoms with van der Waals surface area (Å²) in [5.41, 5.74) is 1.19. The zero-order valence-corrected chi connectivity index (χ0v) is 8.18. The van der Waals surface area contributed by atoms with E-state index in [1.807, 2.05) is 6.07 Å². The second-order valence-corrected chi connectivity index (χ2v) is 3.16. The summed E-state index contributed by atoms with van der Waals surface area (Å²) in [5, 5.41) is 17.4. The van der Waals surface area contributed by atoms with Crippen molar-refractivity contribution in [3.05, 3.63) is 47.7 Å². The largest absolute Gasteiger partial charge is 0.475 e. The van der Waals surface area contributed by atoms with Crippen molar-refractivity contribution in [1.82, 2.24) is 0 Å². The van der Waals surface area contributed by atoms with Crippen LogP contribution in [0.2, 0.25) is 0 Å². The predicted octanol–water partition coefficient (Wildman–Crippen LogP) is 2.52. The Morgan fingerprint density at radius 2 is 2.12 bits per heavy atom. The van der Waals surface area contributed by atoms with Gasteiger partial charge < -0.3 is 9.52 Å². The SMILES string of the molecule is N#Cc1cccc(-c2ccc(C(=O)O)o2)c1. The number of nitrogens with zero attached hydrogens (tertiary/aromatic N) is 1. The average Bonchev–Trinajstić information content (AvgIpc) is 2.78. The van der Waals surface area contributed by atoms with Crippen LogP contribution in [0.1, 0.15) is 16.1 Å². The van der Waals surface area contributed by atoms with Crippen molar-refractivity contribution in [3.63, 3.8) is 0 Å². The number of aromatic carboxylic acids is 1. The second-order valence-electron chi connectivity index (χ2n) is 3.16. The van der Waals surface area contributed by atoms with Crippen LogP contribution in [0.3, 0.4) is 0 Å². The Morgan fingerprint density at radius 3 is 2.75 bits per heavy atom. The summed E-state index contributed by atoms with van der Waals surface area (Å²) in [6.07, 6.45) is 0. The predicted molar refractivity (Wildman–Crippen MR) is 55.8 cm³/mol. The van der Waals surface area contributed by atoms with Gasteiger partial charge in [-0.25, -0.2) is 4.79 Å². The minimum absolute atomic E-state index is 0.114. The summed E-state index contributed by atoms with van der Waals surface area (Å²) >= 11 is 0. The van der Waals surface area contributed by atoms with Crippen LogP contribution in [-0.2, 0) is 0 Å². The molecule has 1 aromatic carbocycles. The molecule has 78 valence electrons. The number of hydrogen-bond donors (Lipinski definition) is 1. The summed E-state index contributed by atoms with van der Waals surface area (Å²) < 4.78 is 5.12. The average molecular weight is 213 g/mol. The van der Waals surface area contributed by atoms with Crippen molar-refractivity contribution >= 4 is 5.97 Å². The molecule has 0 aliphatic heterocycles. The van der Waals surface area contributed by atoms with E-state index in [1.54, 1.807) is 30.3 Å². The molecule has 16 heavy (non-hydrogen) atoms. The van der Waals surface area contributed by atoms with Gasteiger partial charge in [-0.3, -0.25) is 0 Å². The third-order valence-corrected chi connectivity index (χ3v) is 2.09. The molecule has 0 saturated heterocycles. The van der Waals surface area contributed by atoms with Gasteiger partial charge in [-0.15, -0.1) is 0 Å². The van der Waals surface area contributed by atoms with Gasteiger partial charge in [-0.05, 0) is 24.3 Å². The van der Waals surface area contributed by atoms with Gasteiger partial charge in [0.05, 0.1) is 11.6 Å². The molecule has 0 aliphatic carbocycles. The molecular weight excluding hydrogens is 206 g/mol. The van der Waals surface area contributed by atoms with Crippen molar-refractivity contribution in [2.45, 2.75) is 0 Å². The van der Waals surface area contributed by atoms with Crippen LogP contribution in [0.15, 0.2) is 40.8 Å². The summed E-state index contributed by atoms with van der Waals surface area (Å²) in [7, 11) is 0. The smallest absolute Gasteiger partial charge is 0.371 e. The van der Waals surface area contributed by atoms with Gasteiger partial charge in [0, 0.05) is 5.56 Å². The lowest BCUT2D eigenvalue weighted by molar-refractivity contribution is 0.0663. The van der Waals surface area contributed by atoms with E-state index in [9.17, 15) is 4.79 Å². The normalized spacial score (nSPS) is 9.69. The second kappa shape index (κ2) is 3.91. The van der Waals surface area contributed by atoms with Crippen LogP contribution in [-0.4, -0.2) is 11.1 Å². The van der Waals surface area contributed by atoms with E-state index in [0.717, 1.165) is 0 Å². The Labute approximate surface area is 91.4 Å². The van der Waals surface area contributed by atoms with Gasteiger partial charge in [-0.2, -0.15) is 5.26 Å². The maximum atomic E-state index is 10.6. The molecule has 0 unspecified atom stereocenters. The first-order valence-corrected chi connectivity index (χ1v) is 4.54. The van der Waals surface area contributed by atoms with Crippen LogP contribution in [0.5, 0.6) is 0 Å². The molecule has 0 radical (unpaired) electrons. The monoisotopic (exact) mass is 213 g/mol. The summed E-state index contributed by atoms with van der Waals surface area (Å²) in [5.74, 6) is -0.783. The zero-order valence-electron chi connectivity index (χ0n) is 8.18. The van der Waals surface area contributed by atoms with Gasteiger partial charge >= 0.3 is 5.97 Å². The number of nitriles is 1. The standard InChI is InChI=1S/C12H7NO3/c13-7-8-2-1-3-9(6-8)10-4-5-11(16-10)12(14)15/h1-6H,(H,14,15). The Morgan fingerprint density at radius 1 is 1.31 bits per heavy atom. The number of benzene rings is 1. The Balaban J connectivity index is 2.43. The van der Waals surface area contributed by atoms with Crippen LogP contribution in [0.25, 0.3) is 11.3 Å². The third kappa shape index (κ3) is 1.79. The van der Waals surface area contributed by atoms with Crippen molar-refractivity contribution in [2.75, 3.05) is 0 Å². The Hall–Kier alpha value is -2.54. The lowest BCUT2D eigenvalue weighted by atomic mass is 10.1. The van der Waals surface area contributed by atoms with Crippen LogP contribution >= 0.6 is 0 Å². The molecule has 1 N–H and O–H groups in total. The molecule has 1 heterocycles. The van der Waals surface area contributed by atoms with Crippen molar-refractivity contribution in [1.29, 1.82) is 5.26 Å². The molecule has 0 bridgehead atoms. The quantitative estimate of drug-likeness (QED) is 0.831. The third-order valence-electron chi connectivity index (χ3n) is 2.09. The molecule has 4 nitrogen and oxygen atoms in total. The van der Waals surface area contributed by atoms with Gasteiger partial charge in [0.1, 0.15) is 5.76 Å². The number of hydrogen-bond acceptors (Lipinski definition) is 3. The van der Waals surface area contributed by atoms with E-state index < -0.39 is 5.97 Å². The number of furan rings is 1. The first-order chi connectivity index (χ1) is 7.70. The van der Waals surface area contributed by atoms with Crippen LogP contribution < -0.4 is 0 Å². The van der Waals surface area contributed by atoms with Crippen molar-refractivity contribution in [3.8, 4) is 17.4 Å². The number of carboxylic acids is 1. The van der Waals surface area contributed by atoms with Gasteiger partial charge in [0.2, 0.25) is 5.76 Å². The molecule has 0 atom stereocenters. The van der Waals surface area contributed by atoms with E-state index in [4.69, 9.17) is 14.8 Å². The van der Waals surface area contributed by atoms with Crippen molar-refractivity contribution in [2.24, 2.45) is 0 Å². The highest BCUT2D eigenvalue weighted by molar-refractivity contribution is 5.85. The van der Waals surface area contributed by atoms with Gasteiger partial charge in [0.25, 0.3) is 0 Å². The molecule has 2 rings (SSSR count). The molecule has 2 aromatic rings. The lowest BCUT2D eigenvalue weighted by Crippen LogP contribution is -1.91. The highest BCUT2D eigenvalue weighted by Crippen LogP contribution is 2.22. The molecule has 1 aromatic heterocycles. The number of carboxylic acid groups (broad SMARTS) is 1. The highest BCUT2D eigenvalue weighted by atomic mass is 16.4. The first-order valence-electron chi connectivity index (χ1n) is 4.54. The molecule has 0 spiro atoms. The Kier molecular flexibility index (Phi) is 2.44. The summed E-state index contributed by atoms with van der Waals surface area (Å²) in [4.78, 5) is 10.6. The minimum atomic E-state index is -1.11. The molecular formula is C12H7NO3. The zero-order chi connectivity index (χ0) is 11.5. The van der Waals surface area contributed by atoms with E-state index >= 15 is 0 Å². The highest BCUT2D eigenvalue weighted by Gasteiger charge is 2.10. The van der Waals surface area contributed by atoms with Crippen LogP contribution in [0, 0.1) is 11.3 Å². The topological polar surface area (TPSA) is 74.2 Å². The first kappa shape index (κ1) is 9.99. The Bertz CT molecular complexity index is 578.